The summed E-state index contributed by atoms with van der Waals surface area (Å²) in [6, 6.07) is 4.81. The molecule has 0 aromatic heterocycles. The van der Waals surface area contributed by atoms with Gasteiger partial charge < -0.3 is 9.64 Å². The molecule has 1 heterocycles. The Balaban J connectivity index is 1.81. The highest BCUT2D eigenvalue weighted by molar-refractivity contribution is 5.89. The minimum Gasteiger partial charge on any atom is -0.465 e. The van der Waals surface area contributed by atoms with E-state index in [9.17, 15) is 14.0 Å². The van der Waals surface area contributed by atoms with Gasteiger partial charge in [0.2, 0.25) is 5.91 Å². The molecule has 22 heavy (non-hydrogen) atoms. The molecule has 118 valence electrons. The van der Waals surface area contributed by atoms with Crippen LogP contribution >= 0.6 is 0 Å². The van der Waals surface area contributed by atoms with Crippen molar-refractivity contribution in [1.29, 1.82) is 0 Å². The van der Waals surface area contributed by atoms with Crippen LogP contribution in [0.5, 0.6) is 0 Å². The number of piperidine rings is 1. The molecule has 1 aliphatic heterocycles. The molecule has 1 saturated heterocycles. The van der Waals surface area contributed by atoms with Gasteiger partial charge in [-0.25, -0.2) is 9.18 Å². The zero-order chi connectivity index (χ0) is 15.7. The van der Waals surface area contributed by atoms with Gasteiger partial charge in [0.05, 0.1) is 12.7 Å². The van der Waals surface area contributed by atoms with Crippen molar-refractivity contribution >= 4 is 11.9 Å². The number of likely N-dealkylation sites (tertiary alicyclic amines) is 1. The fourth-order valence-electron chi connectivity index (χ4n) is 3.15. The molecule has 1 aromatic carbocycles. The number of ether oxygens (including phenoxy) is 1. The Morgan fingerprint density at radius 1 is 1.27 bits per heavy atom. The van der Waals surface area contributed by atoms with Crippen LogP contribution < -0.4 is 0 Å². The van der Waals surface area contributed by atoms with Gasteiger partial charge in [-0.05, 0) is 37.3 Å². The minimum atomic E-state index is -0.666. The molecule has 1 amide bonds. The molecule has 1 aliphatic carbocycles. The van der Waals surface area contributed by atoms with Crippen LogP contribution in [0.1, 0.15) is 47.5 Å². The Morgan fingerprint density at radius 2 is 2.05 bits per heavy atom. The molecule has 0 N–H and O–H groups in total. The van der Waals surface area contributed by atoms with E-state index in [-0.39, 0.29) is 23.3 Å². The largest absolute Gasteiger partial charge is 0.465 e. The first-order valence-electron chi connectivity index (χ1n) is 7.77. The number of hydrogen-bond donors (Lipinski definition) is 0. The topological polar surface area (TPSA) is 46.6 Å². The van der Waals surface area contributed by atoms with Crippen molar-refractivity contribution in [3.63, 3.8) is 0 Å². The van der Waals surface area contributed by atoms with E-state index in [2.05, 4.69) is 4.74 Å². The summed E-state index contributed by atoms with van der Waals surface area (Å²) < 4.78 is 19.2. The lowest BCUT2D eigenvalue weighted by Crippen LogP contribution is -2.40. The van der Waals surface area contributed by atoms with E-state index in [0.29, 0.717) is 12.1 Å². The molecular weight excluding hydrogens is 285 g/mol. The van der Waals surface area contributed by atoms with Gasteiger partial charge in [0.15, 0.2) is 0 Å². The zero-order valence-electron chi connectivity index (χ0n) is 12.7. The summed E-state index contributed by atoms with van der Waals surface area (Å²) in [5, 5.41) is 0. The zero-order valence-corrected chi connectivity index (χ0v) is 12.7. The molecule has 2 fully saturated rings. The molecule has 2 aliphatic rings. The summed E-state index contributed by atoms with van der Waals surface area (Å²) in [5.74, 6) is -0.846. The predicted octanol–water partition coefficient (Wildman–Crippen LogP) is 2.73. The van der Waals surface area contributed by atoms with Crippen molar-refractivity contribution in [3.8, 4) is 0 Å². The number of halogens is 1. The third-order valence-electron chi connectivity index (χ3n) is 4.53. The van der Waals surface area contributed by atoms with Crippen molar-refractivity contribution < 1.29 is 18.7 Å². The number of rotatable bonds is 3. The average Bonchev–Trinajstić information content (AvgIpc) is 3.38. The minimum absolute atomic E-state index is 0.0364. The van der Waals surface area contributed by atoms with Gasteiger partial charge in [0.1, 0.15) is 5.82 Å². The van der Waals surface area contributed by atoms with Gasteiger partial charge in [0, 0.05) is 24.9 Å². The Hall–Kier alpha value is -1.91. The maximum Gasteiger partial charge on any atom is 0.340 e. The van der Waals surface area contributed by atoms with Gasteiger partial charge in [0.25, 0.3) is 0 Å². The number of hydrogen-bond acceptors (Lipinski definition) is 3. The van der Waals surface area contributed by atoms with Crippen LogP contribution in [0.2, 0.25) is 0 Å². The summed E-state index contributed by atoms with van der Waals surface area (Å²) in [6.45, 7) is 1.29. The lowest BCUT2D eigenvalue weighted by atomic mass is 9.89. The van der Waals surface area contributed by atoms with E-state index in [1.807, 2.05) is 4.90 Å². The van der Waals surface area contributed by atoms with Gasteiger partial charge >= 0.3 is 5.97 Å². The summed E-state index contributed by atoms with van der Waals surface area (Å²) in [4.78, 5) is 25.7. The van der Waals surface area contributed by atoms with E-state index >= 15 is 0 Å². The quantitative estimate of drug-likeness (QED) is 0.807. The first-order chi connectivity index (χ1) is 10.6. The van der Waals surface area contributed by atoms with E-state index in [0.717, 1.165) is 32.2 Å². The molecule has 0 spiro atoms. The predicted molar refractivity (Wildman–Crippen MR) is 79.0 cm³/mol. The lowest BCUT2D eigenvalue weighted by molar-refractivity contribution is -0.133. The Bertz CT molecular complexity index is 598. The Morgan fingerprint density at radius 3 is 2.73 bits per heavy atom. The van der Waals surface area contributed by atoms with Gasteiger partial charge in [-0.15, -0.1) is 0 Å². The van der Waals surface area contributed by atoms with Crippen LogP contribution in [0.25, 0.3) is 0 Å². The first-order valence-corrected chi connectivity index (χ1v) is 7.77. The molecule has 1 atom stereocenters. The monoisotopic (exact) mass is 305 g/mol. The molecular formula is C17H20FNO3. The fourth-order valence-corrected chi connectivity index (χ4v) is 3.15. The number of benzene rings is 1. The van der Waals surface area contributed by atoms with Crippen LogP contribution in [0.3, 0.4) is 0 Å². The second kappa shape index (κ2) is 6.07. The average molecular weight is 305 g/mol. The second-order valence-electron chi connectivity index (χ2n) is 6.10. The SMILES string of the molecule is COC(=O)c1cccc(C2CCCN(C(=O)C3CC3)C2)c1F. The van der Waals surface area contributed by atoms with Crippen LogP contribution in [-0.2, 0) is 9.53 Å². The highest BCUT2D eigenvalue weighted by Crippen LogP contribution is 2.35. The van der Waals surface area contributed by atoms with Crippen molar-refractivity contribution in [3.05, 3.63) is 35.1 Å². The number of esters is 1. The first kappa shape index (κ1) is 15.0. The third-order valence-corrected chi connectivity index (χ3v) is 4.53. The van der Waals surface area contributed by atoms with Gasteiger partial charge in [-0.1, -0.05) is 12.1 Å². The van der Waals surface area contributed by atoms with Crippen molar-refractivity contribution in [2.45, 2.75) is 31.6 Å². The molecule has 1 saturated carbocycles. The maximum absolute atomic E-state index is 14.6. The number of amides is 1. The fraction of sp³-hybridized carbons (Fsp3) is 0.529. The second-order valence-corrected chi connectivity index (χ2v) is 6.10. The molecule has 0 bridgehead atoms. The van der Waals surface area contributed by atoms with Crippen LogP contribution in [0.4, 0.5) is 4.39 Å². The summed E-state index contributed by atoms with van der Waals surface area (Å²) in [6.07, 6.45) is 3.65. The highest BCUT2D eigenvalue weighted by Gasteiger charge is 2.36. The molecule has 0 radical (unpaired) electrons. The number of carbonyl (C=O) groups is 2. The van der Waals surface area contributed by atoms with Crippen LogP contribution in [-0.4, -0.2) is 37.0 Å². The molecule has 4 nitrogen and oxygen atoms in total. The molecule has 3 rings (SSSR count). The lowest BCUT2D eigenvalue weighted by Gasteiger charge is -2.33. The Labute approximate surface area is 129 Å². The summed E-state index contributed by atoms with van der Waals surface area (Å²) >= 11 is 0. The maximum atomic E-state index is 14.6. The standard InChI is InChI=1S/C17H20FNO3/c1-22-17(21)14-6-2-5-13(15(14)18)12-4-3-9-19(10-12)16(20)11-7-8-11/h2,5-6,11-12H,3-4,7-10H2,1H3. The third kappa shape index (κ3) is 2.85. The number of methoxy groups -OCH3 is 1. The Kier molecular flexibility index (Phi) is 4.14. The summed E-state index contributed by atoms with van der Waals surface area (Å²) in [5.41, 5.74) is 0.474. The highest BCUT2D eigenvalue weighted by atomic mass is 19.1. The summed E-state index contributed by atoms with van der Waals surface area (Å²) in [7, 11) is 1.24. The van der Waals surface area contributed by atoms with Crippen LogP contribution in [0.15, 0.2) is 18.2 Å². The molecule has 5 heteroatoms. The van der Waals surface area contributed by atoms with Crippen molar-refractivity contribution in [1.82, 2.24) is 4.90 Å². The number of carbonyl (C=O) groups excluding carboxylic acids is 2. The molecule has 1 aromatic rings. The van der Waals surface area contributed by atoms with Gasteiger partial charge in [-0.3, -0.25) is 4.79 Å². The molecule has 1 unspecified atom stereocenters. The van der Waals surface area contributed by atoms with Crippen molar-refractivity contribution in [2.24, 2.45) is 5.92 Å². The van der Waals surface area contributed by atoms with E-state index in [4.69, 9.17) is 0 Å². The van der Waals surface area contributed by atoms with Crippen LogP contribution in [0, 0.1) is 11.7 Å². The van der Waals surface area contributed by atoms with E-state index in [1.54, 1.807) is 12.1 Å². The number of nitrogens with zero attached hydrogens (tertiary/aromatic N) is 1. The van der Waals surface area contributed by atoms with Crippen molar-refractivity contribution in [2.75, 3.05) is 20.2 Å². The van der Waals surface area contributed by atoms with E-state index in [1.165, 1.54) is 13.2 Å². The van der Waals surface area contributed by atoms with Gasteiger partial charge in [-0.2, -0.15) is 0 Å². The van der Waals surface area contributed by atoms with E-state index < -0.39 is 11.8 Å². The smallest absolute Gasteiger partial charge is 0.340 e. The normalized spacial score (nSPS) is 21.5.